The largest absolute Gasteiger partial charge is 0.497 e. The second kappa shape index (κ2) is 7.50. The van der Waals surface area contributed by atoms with Crippen LogP contribution >= 0.6 is 0 Å². The fourth-order valence-electron chi connectivity index (χ4n) is 2.72. The average Bonchev–Trinajstić information content (AvgIpc) is 2.53. The molecule has 4 nitrogen and oxygen atoms in total. The lowest BCUT2D eigenvalue weighted by Gasteiger charge is -2.37. The van der Waals surface area contributed by atoms with E-state index < -0.39 is 0 Å². The van der Waals surface area contributed by atoms with Crippen molar-refractivity contribution in [1.82, 2.24) is 4.90 Å². The molecular weight excluding hydrogens is 250 g/mol. The molecule has 0 spiro atoms. The van der Waals surface area contributed by atoms with E-state index in [2.05, 4.69) is 28.9 Å². The van der Waals surface area contributed by atoms with Crippen LogP contribution in [0.3, 0.4) is 0 Å². The fourth-order valence-corrected chi connectivity index (χ4v) is 2.72. The number of piperazine rings is 1. The van der Waals surface area contributed by atoms with Crippen LogP contribution < -0.4 is 15.4 Å². The lowest BCUT2D eigenvalue weighted by atomic mass is 10.1. The Bertz CT molecular complexity index is 381. The van der Waals surface area contributed by atoms with E-state index >= 15 is 0 Å². The van der Waals surface area contributed by atoms with Crippen LogP contribution in [0.5, 0.6) is 5.75 Å². The Balaban J connectivity index is 1.84. The van der Waals surface area contributed by atoms with Gasteiger partial charge < -0.3 is 15.4 Å². The molecule has 20 heavy (non-hydrogen) atoms. The maximum atomic E-state index is 5.80. The first-order valence-electron chi connectivity index (χ1n) is 7.58. The summed E-state index contributed by atoms with van der Waals surface area (Å²) in [5, 5.41) is 0. The summed E-state index contributed by atoms with van der Waals surface area (Å²) < 4.78 is 5.20. The standard InChI is InChI=1S/C16H27N3O/c1-3-14(12-17)13-18-8-10-19(11-9-18)15-4-6-16(20-2)7-5-15/h4-7,14H,3,8-13,17H2,1-2H3. The molecule has 0 aromatic heterocycles. The van der Waals surface area contributed by atoms with Crippen molar-refractivity contribution in [3.05, 3.63) is 24.3 Å². The molecule has 0 radical (unpaired) electrons. The summed E-state index contributed by atoms with van der Waals surface area (Å²) in [5.74, 6) is 1.56. The molecule has 1 aliphatic rings. The van der Waals surface area contributed by atoms with Crippen LogP contribution in [-0.4, -0.2) is 51.3 Å². The number of benzene rings is 1. The predicted molar refractivity (Wildman–Crippen MR) is 84.5 cm³/mol. The topological polar surface area (TPSA) is 41.7 Å². The number of nitrogens with zero attached hydrogens (tertiary/aromatic N) is 2. The molecular formula is C16H27N3O. The monoisotopic (exact) mass is 277 g/mol. The van der Waals surface area contributed by atoms with Gasteiger partial charge in [-0.1, -0.05) is 13.3 Å². The Morgan fingerprint density at radius 2 is 1.80 bits per heavy atom. The van der Waals surface area contributed by atoms with Crippen LogP contribution in [0.2, 0.25) is 0 Å². The molecule has 0 saturated carbocycles. The molecule has 1 heterocycles. The van der Waals surface area contributed by atoms with Gasteiger partial charge in [0.25, 0.3) is 0 Å². The number of methoxy groups -OCH3 is 1. The van der Waals surface area contributed by atoms with Crippen molar-refractivity contribution in [2.45, 2.75) is 13.3 Å². The van der Waals surface area contributed by atoms with Crippen molar-refractivity contribution in [3.63, 3.8) is 0 Å². The molecule has 1 aromatic rings. The summed E-state index contributed by atoms with van der Waals surface area (Å²) in [6, 6.07) is 8.35. The van der Waals surface area contributed by atoms with Gasteiger partial charge in [0.1, 0.15) is 5.75 Å². The molecule has 1 aromatic carbocycles. The highest BCUT2D eigenvalue weighted by molar-refractivity contribution is 5.49. The Labute approximate surface area is 122 Å². The minimum atomic E-state index is 0.641. The van der Waals surface area contributed by atoms with Gasteiger partial charge in [0, 0.05) is 38.4 Å². The van der Waals surface area contributed by atoms with Crippen LogP contribution in [0, 0.1) is 5.92 Å². The van der Waals surface area contributed by atoms with Gasteiger partial charge in [-0.05, 0) is 36.7 Å². The maximum Gasteiger partial charge on any atom is 0.119 e. The number of ether oxygens (including phenoxy) is 1. The molecule has 1 atom stereocenters. The van der Waals surface area contributed by atoms with E-state index in [1.54, 1.807) is 7.11 Å². The van der Waals surface area contributed by atoms with Crippen LogP contribution in [-0.2, 0) is 0 Å². The number of hydrogen-bond acceptors (Lipinski definition) is 4. The lowest BCUT2D eigenvalue weighted by Crippen LogP contribution is -2.48. The van der Waals surface area contributed by atoms with Crippen LogP contribution in [0.1, 0.15) is 13.3 Å². The number of anilines is 1. The molecule has 112 valence electrons. The van der Waals surface area contributed by atoms with Gasteiger partial charge in [-0.15, -0.1) is 0 Å². The first kappa shape index (κ1) is 15.1. The van der Waals surface area contributed by atoms with Gasteiger partial charge in [0.15, 0.2) is 0 Å². The van der Waals surface area contributed by atoms with Crippen LogP contribution in [0.15, 0.2) is 24.3 Å². The van der Waals surface area contributed by atoms with Gasteiger partial charge in [-0.3, -0.25) is 4.90 Å². The number of hydrogen-bond donors (Lipinski definition) is 1. The van der Waals surface area contributed by atoms with Crippen LogP contribution in [0.25, 0.3) is 0 Å². The zero-order valence-corrected chi connectivity index (χ0v) is 12.7. The van der Waals surface area contributed by atoms with Crippen molar-refractivity contribution in [2.24, 2.45) is 11.7 Å². The van der Waals surface area contributed by atoms with E-state index in [0.29, 0.717) is 5.92 Å². The molecule has 0 amide bonds. The van der Waals surface area contributed by atoms with Gasteiger partial charge in [-0.25, -0.2) is 0 Å². The zero-order valence-electron chi connectivity index (χ0n) is 12.7. The summed E-state index contributed by atoms with van der Waals surface area (Å²) in [5.41, 5.74) is 7.09. The first-order valence-corrected chi connectivity index (χ1v) is 7.58. The average molecular weight is 277 g/mol. The normalized spacial score (nSPS) is 18.1. The zero-order chi connectivity index (χ0) is 14.4. The van der Waals surface area contributed by atoms with Crippen LogP contribution in [0.4, 0.5) is 5.69 Å². The van der Waals surface area contributed by atoms with Crippen molar-refractivity contribution in [2.75, 3.05) is 51.3 Å². The van der Waals surface area contributed by atoms with Crippen molar-refractivity contribution in [3.8, 4) is 5.75 Å². The van der Waals surface area contributed by atoms with E-state index in [1.165, 1.54) is 12.1 Å². The summed E-state index contributed by atoms with van der Waals surface area (Å²) in [6.07, 6.45) is 1.18. The van der Waals surface area contributed by atoms with E-state index in [-0.39, 0.29) is 0 Å². The van der Waals surface area contributed by atoms with E-state index in [0.717, 1.165) is 45.0 Å². The molecule has 1 aliphatic heterocycles. The Kier molecular flexibility index (Phi) is 5.68. The SMILES string of the molecule is CCC(CN)CN1CCN(c2ccc(OC)cc2)CC1. The van der Waals surface area contributed by atoms with E-state index in [1.807, 2.05) is 12.1 Å². The second-order valence-corrected chi connectivity index (χ2v) is 5.50. The smallest absolute Gasteiger partial charge is 0.119 e. The molecule has 1 saturated heterocycles. The fraction of sp³-hybridized carbons (Fsp3) is 0.625. The summed E-state index contributed by atoms with van der Waals surface area (Å²) >= 11 is 0. The summed E-state index contributed by atoms with van der Waals surface area (Å²) in [7, 11) is 1.70. The molecule has 0 aliphatic carbocycles. The highest BCUT2D eigenvalue weighted by Gasteiger charge is 2.19. The molecule has 2 rings (SSSR count). The van der Waals surface area contributed by atoms with Gasteiger partial charge in [-0.2, -0.15) is 0 Å². The van der Waals surface area contributed by atoms with Crippen molar-refractivity contribution < 1.29 is 4.74 Å². The summed E-state index contributed by atoms with van der Waals surface area (Å²) in [6.45, 7) is 8.61. The quantitative estimate of drug-likeness (QED) is 0.861. The molecule has 1 fully saturated rings. The Hall–Kier alpha value is -1.26. The predicted octanol–water partition coefficient (Wildman–Crippen LogP) is 1.80. The third kappa shape index (κ3) is 3.87. The molecule has 4 heteroatoms. The Morgan fingerprint density at radius 3 is 2.30 bits per heavy atom. The molecule has 1 unspecified atom stereocenters. The van der Waals surface area contributed by atoms with Gasteiger partial charge >= 0.3 is 0 Å². The third-order valence-electron chi connectivity index (χ3n) is 4.24. The number of nitrogens with two attached hydrogens (primary N) is 1. The summed E-state index contributed by atoms with van der Waals surface area (Å²) in [4.78, 5) is 4.99. The third-order valence-corrected chi connectivity index (χ3v) is 4.24. The molecule has 2 N–H and O–H groups in total. The minimum Gasteiger partial charge on any atom is -0.497 e. The Morgan fingerprint density at radius 1 is 1.15 bits per heavy atom. The minimum absolute atomic E-state index is 0.641. The maximum absolute atomic E-state index is 5.80. The van der Waals surface area contributed by atoms with Gasteiger partial charge in [0.05, 0.1) is 7.11 Å². The van der Waals surface area contributed by atoms with E-state index in [4.69, 9.17) is 10.5 Å². The number of rotatable bonds is 6. The second-order valence-electron chi connectivity index (χ2n) is 5.50. The van der Waals surface area contributed by atoms with Crippen molar-refractivity contribution >= 4 is 5.69 Å². The molecule has 0 bridgehead atoms. The highest BCUT2D eigenvalue weighted by atomic mass is 16.5. The van der Waals surface area contributed by atoms with E-state index in [9.17, 15) is 0 Å². The van der Waals surface area contributed by atoms with Crippen molar-refractivity contribution in [1.29, 1.82) is 0 Å². The lowest BCUT2D eigenvalue weighted by molar-refractivity contribution is 0.218. The van der Waals surface area contributed by atoms with Gasteiger partial charge in [0.2, 0.25) is 0 Å². The first-order chi connectivity index (χ1) is 9.76. The highest BCUT2D eigenvalue weighted by Crippen LogP contribution is 2.20.